The number of halogens is 1. The second-order valence-corrected chi connectivity index (χ2v) is 6.24. The average molecular weight is 351 g/mol. The topological polar surface area (TPSA) is 15.3 Å². The van der Waals surface area contributed by atoms with E-state index in [0.717, 1.165) is 4.47 Å². The van der Waals surface area contributed by atoms with E-state index in [-0.39, 0.29) is 6.17 Å². The Hall–Kier alpha value is -2.26. The van der Waals surface area contributed by atoms with Gasteiger partial charge < -0.3 is 10.2 Å². The van der Waals surface area contributed by atoms with E-state index >= 15 is 0 Å². The maximum Gasteiger partial charge on any atom is 0.123 e. The van der Waals surface area contributed by atoms with E-state index in [1.54, 1.807) is 0 Å². The van der Waals surface area contributed by atoms with Crippen LogP contribution in [0.5, 0.6) is 0 Å². The van der Waals surface area contributed by atoms with Crippen molar-refractivity contribution < 1.29 is 0 Å². The average Bonchev–Trinajstić information content (AvgIpc) is 2.96. The minimum Gasteiger partial charge on any atom is -0.359 e. The Balaban J connectivity index is 1.88. The maximum atomic E-state index is 3.63. The number of nitrogens with zero attached hydrogens (tertiary/aromatic N) is 1. The summed E-state index contributed by atoms with van der Waals surface area (Å²) in [4.78, 5) is 2.28. The van der Waals surface area contributed by atoms with E-state index < -0.39 is 0 Å². The number of nitrogens with one attached hydrogen (secondary N) is 1. The fourth-order valence-electron chi connectivity index (χ4n) is 2.90. The van der Waals surface area contributed by atoms with Gasteiger partial charge in [-0.3, -0.25) is 0 Å². The molecular formula is C19H15BrN2. The number of benzene rings is 2. The summed E-state index contributed by atoms with van der Waals surface area (Å²) in [5.74, 6) is 0. The lowest BCUT2D eigenvalue weighted by Crippen LogP contribution is -2.32. The number of fused-ring (bicyclic) bond motifs is 1. The van der Waals surface area contributed by atoms with Crippen molar-refractivity contribution in [1.82, 2.24) is 10.2 Å². The Morgan fingerprint density at radius 3 is 2.41 bits per heavy atom. The zero-order valence-corrected chi connectivity index (χ0v) is 13.5. The van der Waals surface area contributed by atoms with Gasteiger partial charge in [-0.1, -0.05) is 64.5 Å². The number of hydrogen-bond acceptors (Lipinski definition) is 2. The summed E-state index contributed by atoms with van der Waals surface area (Å²) in [6.45, 7) is 0. The van der Waals surface area contributed by atoms with Gasteiger partial charge in [-0.15, -0.1) is 0 Å². The van der Waals surface area contributed by atoms with Crippen LogP contribution in [-0.2, 0) is 0 Å². The normalized spacial score (nSPS) is 19.3. The lowest BCUT2D eigenvalue weighted by atomic mass is 10.1. The molecule has 2 nitrogen and oxygen atoms in total. The van der Waals surface area contributed by atoms with Crippen LogP contribution in [0.2, 0.25) is 0 Å². The summed E-state index contributed by atoms with van der Waals surface area (Å²) in [7, 11) is 0. The molecule has 0 aromatic heterocycles. The van der Waals surface area contributed by atoms with Crippen LogP contribution in [0.4, 0.5) is 0 Å². The van der Waals surface area contributed by atoms with Crippen LogP contribution in [0.1, 0.15) is 11.1 Å². The second kappa shape index (κ2) is 5.50. The molecule has 2 aliphatic rings. The van der Waals surface area contributed by atoms with E-state index in [2.05, 4.69) is 99.1 Å². The molecule has 0 aliphatic carbocycles. The molecule has 1 N–H and O–H groups in total. The monoisotopic (exact) mass is 350 g/mol. The molecule has 22 heavy (non-hydrogen) atoms. The molecule has 0 fully saturated rings. The van der Waals surface area contributed by atoms with E-state index in [1.165, 1.54) is 22.5 Å². The Bertz CT molecular complexity index is 773. The first-order valence-corrected chi connectivity index (χ1v) is 8.08. The molecule has 2 aliphatic heterocycles. The minimum absolute atomic E-state index is 0.179. The zero-order chi connectivity index (χ0) is 14.9. The molecule has 0 radical (unpaired) electrons. The van der Waals surface area contributed by atoms with Gasteiger partial charge >= 0.3 is 0 Å². The molecule has 2 heterocycles. The van der Waals surface area contributed by atoms with Crippen LogP contribution >= 0.6 is 15.9 Å². The summed E-state index contributed by atoms with van der Waals surface area (Å²) in [5.41, 5.74) is 4.79. The van der Waals surface area contributed by atoms with Crippen molar-refractivity contribution in [3.05, 3.63) is 94.6 Å². The fourth-order valence-corrected chi connectivity index (χ4v) is 3.16. The predicted octanol–water partition coefficient (Wildman–Crippen LogP) is 4.59. The van der Waals surface area contributed by atoms with Gasteiger partial charge in [0.25, 0.3) is 0 Å². The van der Waals surface area contributed by atoms with Crippen molar-refractivity contribution in [1.29, 1.82) is 0 Å². The maximum absolute atomic E-state index is 3.63. The van der Waals surface area contributed by atoms with Crippen molar-refractivity contribution in [3.63, 3.8) is 0 Å². The van der Waals surface area contributed by atoms with Gasteiger partial charge in [-0.05, 0) is 29.8 Å². The molecule has 3 heteroatoms. The molecule has 0 spiro atoms. The van der Waals surface area contributed by atoms with Crippen LogP contribution in [0.15, 0.2) is 83.5 Å². The van der Waals surface area contributed by atoms with E-state index in [9.17, 15) is 0 Å². The molecule has 0 saturated carbocycles. The van der Waals surface area contributed by atoms with Crippen LogP contribution in [0, 0.1) is 0 Å². The van der Waals surface area contributed by atoms with Crippen molar-refractivity contribution >= 4 is 27.3 Å². The minimum atomic E-state index is 0.179. The van der Waals surface area contributed by atoms with Gasteiger partial charge in [-0.2, -0.15) is 0 Å². The van der Waals surface area contributed by atoms with E-state index in [1.807, 2.05) is 6.07 Å². The van der Waals surface area contributed by atoms with Crippen molar-refractivity contribution in [2.75, 3.05) is 0 Å². The summed E-state index contributed by atoms with van der Waals surface area (Å²) in [6, 6.07) is 19.0. The molecule has 108 valence electrons. The van der Waals surface area contributed by atoms with Gasteiger partial charge in [-0.25, -0.2) is 0 Å². The van der Waals surface area contributed by atoms with E-state index in [0.29, 0.717) is 0 Å². The zero-order valence-electron chi connectivity index (χ0n) is 11.9. The number of allylic oxidation sites excluding steroid dienone is 2. The van der Waals surface area contributed by atoms with Crippen LogP contribution in [0.25, 0.3) is 11.4 Å². The molecule has 4 rings (SSSR count). The third kappa shape index (κ3) is 2.28. The lowest BCUT2D eigenvalue weighted by molar-refractivity contribution is 0.443. The predicted molar refractivity (Wildman–Crippen MR) is 94.4 cm³/mol. The van der Waals surface area contributed by atoms with Crippen LogP contribution in [0.3, 0.4) is 0 Å². The quantitative estimate of drug-likeness (QED) is 0.851. The molecule has 2 aromatic carbocycles. The Morgan fingerprint density at radius 1 is 0.864 bits per heavy atom. The highest BCUT2D eigenvalue weighted by Gasteiger charge is 2.30. The van der Waals surface area contributed by atoms with Gasteiger partial charge in [0.1, 0.15) is 6.17 Å². The first kappa shape index (κ1) is 13.4. The van der Waals surface area contributed by atoms with E-state index in [4.69, 9.17) is 0 Å². The standard InChI is InChI=1S/C19H15BrN2/c20-16-11-9-15(10-12-16)19-18(14-6-2-1-3-7-14)21-17-8-4-5-13-22(17)19/h1-13,17,21H. The highest BCUT2D eigenvalue weighted by Crippen LogP contribution is 2.36. The summed E-state index contributed by atoms with van der Waals surface area (Å²) >= 11 is 3.51. The van der Waals surface area contributed by atoms with Crippen molar-refractivity contribution in [3.8, 4) is 0 Å². The van der Waals surface area contributed by atoms with Gasteiger partial charge in [0.05, 0.1) is 11.4 Å². The van der Waals surface area contributed by atoms with Crippen molar-refractivity contribution in [2.24, 2.45) is 0 Å². The summed E-state index contributed by atoms with van der Waals surface area (Å²) in [5, 5.41) is 3.63. The molecule has 1 atom stereocenters. The molecule has 2 aromatic rings. The van der Waals surface area contributed by atoms with Crippen LogP contribution in [-0.4, -0.2) is 11.1 Å². The summed E-state index contributed by atoms with van der Waals surface area (Å²) in [6.07, 6.45) is 8.64. The number of rotatable bonds is 2. The van der Waals surface area contributed by atoms with Gasteiger partial charge in [0.15, 0.2) is 0 Å². The Labute approximate surface area is 138 Å². The molecule has 0 amide bonds. The third-order valence-electron chi connectivity index (χ3n) is 3.92. The highest BCUT2D eigenvalue weighted by molar-refractivity contribution is 9.10. The van der Waals surface area contributed by atoms with Crippen molar-refractivity contribution in [2.45, 2.75) is 6.17 Å². The van der Waals surface area contributed by atoms with Gasteiger partial charge in [0, 0.05) is 16.2 Å². The molecule has 1 unspecified atom stereocenters. The Morgan fingerprint density at radius 2 is 1.64 bits per heavy atom. The SMILES string of the molecule is Brc1ccc(C2=C(c3ccccc3)NC3C=CC=CN23)cc1. The first-order valence-electron chi connectivity index (χ1n) is 7.28. The molecule has 0 bridgehead atoms. The first-order chi connectivity index (χ1) is 10.8. The fraction of sp³-hybridized carbons (Fsp3) is 0.0526. The smallest absolute Gasteiger partial charge is 0.123 e. The van der Waals surface area contributed by atoms with Gasteiger partial charge in [0.2, 0.25) is 0 Å². The third-order valence-corrected chi connectivity index (χ3v) is 4.45. The number of hydrogen-bond donors (Lipinski definition) is 1. The Kier molecular flexibility index (Phi) is 3.35. The molecule has 0 saturated heterocycles. The largest absolute Gasteiger partial charge is 0.359 e. The lowest BCUT2D eigenvalue weighted by Gasteiger charge is -2.25. The highest BCUT2D eigenvalue weighted by atomic mass is 79.9. The van der Waals surface area contributed by atoms with Crippen LogP contribution < -0.4 is 5.32 Å². The second-order valence-electron chi connectivity index (χ2n) is 5.32. The molecular weight excluding hydrogens is 336 g/mol. The summed E-state index contributed by atoms with van der Waals surface area (Å²) < 4.78 is 1.09.